The Morgan fingerprint density at radius 3 is 2.71 bits per heavy atom. The predicted octanol–water partition coefficient (Wildman–Crippen LogP) is 2.34. The van der Waals surface area contributed by atoms with E-state index in [1.807, 2.05) is 36.2 Å². The number of carbonyl (C=O) groups is 2. The molecular formula is C18H25N3O3. The Morgan fingerprint density at radius 2 is 2.00 bits per heavy atom. The van der Waals surface area contributed by atoms with E-state index >= 15 is 0 Å². The summed E-state index contributed by atoms with van der Waals surface area (Å²) in [5.41, 5.74) is 0.433. The van der Waals surface area contributed by atoms with E-state index in [1.165, 1.54) is 4.90 Å². The van der Waals surface area contributed by atoms with Gasteiger partial charge in [0, 0.05) is 6.54 Å². The molecule has 1 N–H and O–H groups in total. The zero-order valence-electron chi connectivity index (χ0n) is 14.4. The van der Waals surface area contributed by atoms with Gasteiger partial charge in [0.25, 0.3) is 5.91 Å². The highest BCUT2D eigenvalue weighted by Gasteiger charge is 2.51. The summed E-state index contributed by atoms with van der Waals surface area (Å²) in [4.78, 5) is 28.4. The quantitative estimate of drug-likeness (QED) is 0.841. The van der Waals surface area contributed by atoms with Crippen molar-refractivity contribution in [3.63, 3.8) is 0 Å². The van der Waals surface area contributed by atoms with Gasteiger partial charge in [0.15, 0.2) is 0 Å². The molecule has 2 fully saturated rings. The van der Waals surface area contributed by atoms with Crippen LogP contribution in [0.3, 0.4) is 0 Å². The summed E-state index contributed by atoms with van der Waals surface area (Å²) < 4.78 is 5.23. The largest absolute Gasteiger partial charge is 0.497 e. The fourth-order valence-electron chi connectivity index (χ4n) is 3.67. The van der Waals surface area contributed by atoms with Crippen LogP contribution in [-0.2, 0) is 11.3 Å². The van der Waals surface area contributed by atoms with Crippen LogP contribution in [0.5, 0.6) is 5.75 Å². The zero-order valence-corrected chi connectivity index (χ0v) is 14.4. The highest BCUT2D eigenvalue weighted by Crippen LogP contribution is 2.33. The van der Waals surface area contributed by atoms with Crippen molar-refractivity contribution >= 4 is 11.9 Å². The second kappa shape index (κ2) is 6.81. The third-order valence-electron chi connectivity index (χ3n) is 4.92. The van der Waals surface area contributed by atoms with Crippen LogP contribution < -0.4 is 10.1 Å². The minimum Gasteiger partial charge on any atom is -0.497 e. The molecule has 0 unspecified atom stereocenters. The number of amides is 3. The van der Waals surface area contributed by atoms with Crippen molar-refractivity contribution in [1.29, 1.82) is 0 Å². The molecule has 1 aromatic carbocycles. The normalized spacial score (nSPS) is 19.9. The minimum absolute atomic E-state index is 0.0651. The van der Waals surface area contributed by atoms with Crippen LogP contribution >= 0.6 is 0 Å². The lowest BCUT2D eigenvalue weighted by Gasteiger charge is -2.31. The van der Waals surface area contributed by atoms with E-state index in [9.17, 15) is 9.59 Å². The molecule has 130 valence electrons. The molecular weight excluding hydrogens is 306 g/mol. The highest BCUT2D eigenvalue weighted by atomic mass is 16.5. The van der Waals surface area contributed by atoms with E-state index < -0.39 is 5.54 Å². The van der Waals surface area contributed by atoms with Gasteiger partial charge in [-0.05, 0) is 37.6 Å². The van der Waals surface area contributed by atoms with E-state index in [1.54, 1.807) is 7.11 Å². The Labute approximate surface area is 142 Å². The van der Waals surface area contributed by atoms with Crippen LogP contribution in [0.1, 0.15) is 37.7 Å². The number of imide groups is 1. The first-order valence-electron chi connectivity index (χ1n) is 8.50. The second-order valence-electron chi connectivity index (χ2n) is 6.81. The van der Waals surface area contributed by atoms with E-state index in [-0.39, 0.29) is 11.9 Å². The lowest BCUT2D eigenvalue weighted by atomic mass is 9.82. The Morgan fingerprint density at radius 1 is 1.25 bits per heavy atom. The molecule has 0 radical (unpaired) electrons. The summed E-state index contributed by atoms with van der Waals surface area (Å²) in [5.74, 6) is 0.738. The standard InChI is InChI=1S/C18H25N3O3/c1-20(12-14-7-6-8-15(11-14)24-2)13-21-16(22)18(19-17(21)23)9-4-3-5-10-18/h6-8,11H,3-5,9-10,12-13H2,1-2H3,(H,19,23). The number of carbonyl (C=O) groups excluding carboxylic acids is 2. The summed E-state index contributed by atoms with van der Waals surface area (Å²) >= 11 is 0. The van der Waals surface area contributed by atoms with Crippen molar-refractivity contribution in [3.05, 3.63) is 29.8 Å². The van der Waals surface area contributed by atoms with Gasteiger partial charge < -0.3 is 10.1 Å². The van der Waals surface area contributed by atoms with E-state index in [0.29, 0.717) is 13.2 Å². The zero-order chi connectivity index (χ0) is 17.2. The number of nitrogens with zero attached hydrogens (tertiary/aromatic N) is 2. The highest BCUT2D eigenvalue weighted by molar-refractivity contribution is 6.07. The Hall–Kier alpha value is -2.08. The summed E-state index contributed by atoms with van der Waals surface area (Å²) in [5, 5.41) is 2.95. The maximum Gasteiger partial charge on any atom is 0.326 e. The Bertz CT molecular complexity index is 626. The van der Waals surface area contributed by atoms with E-state index in [4.69, 9.17) is 4.74 Å². The number of urea groups is 1. The number of benzene rings is 1. The monoisotopic (exact) mass is 331 g/mol. The summed E-state index contributed by atoms with van der Waals surface area (Å²) in [6, 6.07) is 7.54. The van der Waals surface area contributed by atoms with E-state index in [2.05, 4.69) is 5.32 Å². The molecule has 3 rings (SSSR count). The van der Waals surface area contributed by atoms with Crippen LogP contribution in [-0.4, -0.2) is 48.1 Å². The number of nitrogens with one attached hydrogen (secondary N) is 1. The number of ether oxygens (including phenoxy) is 1. The SMILES string of the molecule is COc1cccc(CN(C)CN2C(=O)NC3(CCCCC3)C2=O)c1. The van der Waals surface area contributed by atoms with Crippen LogP contribution in [0.4, 0.5) is 4.79 Å². The lowest BCUT2D eigenvalue weighted by molar-refractivity contribution is -0.133. The van der Waals surface area contributed by atoms with Gasteiger partial charge in [-0.2, -0.15) is 0 Å². The number of hydrogen-bond acceptors (Lipinski definition) is 4. The fraction of sp³-hybridized carbons (Fsp3) is 0.556. The first-order valence-corrected chi connectivity index (χ1v) is 8.50. The number of rotatable bonds is 5. The fourth-order valence-corrected chi connectivity index (χ4v) is 3.67. The average molecular weight is 331 g/mol. The second-order valence-corrected chi connectivity index (χ2v) is 6.81. The third kappa shape index (κ3) is 3.24. The first-order chi connectivity index (χ1) is 11.5. The van der Waals surface area contributed by atoms with Crippen LogP contribution in [0.2, 0.25) is 0 Å². The van der Waals surface area contributed by atoms with Crippen LogP contribution in [0.25, 0.3) is 0 Å². The van der Waals surface area contributed by atoms with Crippen molar-refractivity contribution in [2.45, 2.75) is 44.2 Å². The van der Waals surface area contributed by atoms with Gasteiger partial charge in [0.05, 0.1) is 13.8 Å². The molecule has 1 saturated carbocycles. The van der Waals surface area contributed by atoms with Crippen LogP contribution in [0.15, 0.2) is 24.3 Å². The molecule has 1 aromatic rings. The summed E-state index contributed by atoms with van der Waals surface area (Å²) in [7, 11) is 3.55. The van der Waals surface area contributed by atoms with Crippen molar-refractivity contribution in [1.82, 2.24) is 15.1 Å². The van der Waals surface area contributed by atoms with Crippen molar-refractivity contribution in [3.8, 4) is 5.75 Å². The van der Waals surface area contributed by atoms with Crippen molar-refractivity contribution < 1.29 is 14.3 Å². The number of methoxy groups -OCH3 is 1. The number of hydrogen-bond donors (Lipinski definition) is 1. The summed E-state index contributed by atoms with van der Waals surface area (Å²) in [6.07, 6.45) is 4.65. The molecule has 1 aliphatic heterocycles. The van der Waals surface area contributed by atoms with Crippen molar-refractivity contribution in [2.24, 2.45) is 0 Å². The Balaban J connectivity index is 1.64. The average Bonchev–Trinajstić information content (AvgIpc) is 2.80. The van der Waals surface area contributed by atoms with Gasteiger partial charge in [-0.15, -0.1) is 0 Å². The van der Waals surface area contributed by atoms with Crippen LogP contribution in [0, 0.1) is 0 Å². The van der Waals surface area contributed by atoms with Gasteiger partial charge in [0.1, 0.15) is 11.3 Å². The van der Waals surface area contributed by atoms with Gasteiger partial charge in [-0.1, -0.05) is 31.4 Å². The van der Waals surface area contributed by atoms with Gasteiger partial charge >= 0.3 is 6.03 Å². The maximum absolute atomic E-state index is 12.8. The Kier molecular flexibility index (Phi) is 4.76. The minimum atomic E-state index is -0.647. The summed E-state index contributed by atoms with van der Waals surface area (Å²) in [6.45, 7) is 0.935. The topological polar surface area (TPSA) is 61.9 Å². The van der Waals surface area contributed by atoms with Gasteiger partial charge in [-0.25, -0.2) is 9.69 Å². The molecule has 2 aliphatic rings. The molecule has 0 atom stereocenters. The molecule has 24 heavy (non-hydrogen) atoms. The van der Waals surface area contributed by atoms with Gasteiger partial charge in [-0.3, -0.25) is 9.69 Å². The smallest absolute Gasteiger partial charge is 0.326 e. The third-order valence-corrected chi connectivity index (χ3v) is 4.92. The molecule has 6 heteroatoms. The molecule has 0 aromatic heterocycles. The molecule has 6 nitrogen and oxygen atoms in total. The van der Waals surface area contributed by atoms with Gasteiger partial charge in [0.2, 0.25) is 0 Å². The van der Waals surface area contributed by atoms with E-state index in [0.717, 1.165) is 43.4 Å². The predicted molar refractivity (Wildman–Crippen MR) is 90.5 cm³/mol. The molecule has 3 amide bonds. The maximum atomic E-state index is 12.8. The molecule has 1 heterocycles. The first kappa shape index (κ1) is 16.8. The lowest BCUT2D eigenvalue weighted by Crippen LogP contribution is -2.48. The molecule has 1 aliphatic carbocycles. The molecule has 1 saturated heterocycles. The molecule has 1 spiro atoms. The molecule has 0 bridgehead atoms. The van der Waals surface area contributed by atoms with Crippen molar-refractivity contribution in [2.75, 3.05) is 20.8 Å².